The lowest BCUT2D eigenvalue weighted by molar-refractivity contribution is -0.149. The van der Waals surface area contributed by atoms with Gasteiger partial charge in [-0.15, -0.1) is 0 Å². The standard InChI is InChI=1S/C23H28F3NO3/c1-4-22(5-2,21(28)29)13-17-8-11-20(30-3)18(12-17)15-27-14-16-6-9-19(10-7-16)23(24,25)26/h6-12,27H,4-5,13-15H2,1-3H3,(H,28,29). The summed E-state index contributed by atoms with van der Waals surface area (Å²) >= 11 is 0. The molecule has 2 rings (SSSR count). The van der Waals surface area contributed by atoms with Gasteiger partial charge in [0.15, 0.2) is 0 Å². The first-order valence-corrected chi connectivity index (χ1v) is 9.91. The zero-order valence-corrected chi connectivity index (χ0v) is 17.5. The fraction of sp³-hybridized carbons (Fsp3) is 0.435. The lowest BCUT2D eigenvalue weighted by atomic mass is 9.77. The molecule has 0 fully saturated rings. The van der Waals surface area contributed by atoms with Crippen molar-refractivity contribution < 1.29 is 27.8 Å². The number of aliphatic carboxylic acids is 1. The summed E-state index contributed by atoms with van der Waals surface area (Å²) in [6, 6.07) is 10.7. The van der Waals surface area contributed by atoms with Crippen LogP contribution in [0, 0.1) is 5.41 Å². The Kier molecular flexibility index (Phi) is 7.89. The molecule has 0 radical (unpaired) electrons. The lowest BCUT2D eigenvalue weighted by Crippen LogP contribution is -2.32. The molecule has 2 aromatic carbocycles. The molecule has 0 unspecified atom stereocenters. The number of hydrogen-bond donors (Lipinski definition) is 2. The van der Waals surface area contributed by atoms with Gasteiger partial charge in [0.1, 0.15) is 5.75 Å². The number of halogens is 3. The second-order valence-corrected chi connectivity index (χ2v) is 7.41. The zero-order chi connectivity index (χ0) is 22.4. The molecule has 0 aliphatic rings. The SMILES string of the molecule is CCC(CC)(Cc1ccc(OC)c(CNCc2ccc(C(F)(F)F)cc2)c1)C(=O)O. The van der Waals surface area contributed by atoms with E-state index in [1.807, 2.05) is 32.0 Å². The van der Waals surface area contributed by atoms with E-state index in [1.165, 1.54) is 12.1 Å². The highest BCUT2D eigenvalue weighted by Gasteiger charge is 2.35. The molecule has 30 heavy (non-hydrogen) atoms. The van der Waals surface area contributed by atoms with Crippen molar-refractivity contribution in [2.75, 3.05) is 7.11 Å². The minimum absolute atomic E-state index is 0.397. The number of benzene rings is 2. The van der Waals surface area contributed by atoms with Gasteiger partial charge >= 0.3 is 12.1 Å². The molecule has 0 spiro atoms. The lowest BCUT2D eigenvalue weighted by Gasteiger charge is -2.27. The smallest absolute Gasteiger partial charge is 0.416 e. The van der Waals surface area contributed by atoms with Gasteiger partial charge in [0.05, 0.1) is 18.1 Å². The van der Waals surface area contributed by atoms with Crippen LogP contribution in [-0.2, 0) is 30.5 Å². The van der Waals surface area contributed by atoms with E-state index < -0.39 is 23.1 Å². The highest BCUT2D eigenvalue weighted by molar-refractivity contribution is 5.75. The summed E-state index contributed by atoms with van der Waals surface area (Å²) in [5.74, 6) is -0.127. The maximum atomic E-state index is 12.7. The monoisotopic (exact) mass is 423 g/mol. The van der Waals surface area contributed by atoms with E-state index in [1.54, 1.807) is 7.11 Å². The van der Waals surface area contributed by atoms with Gasteiger partial charge < -0.3 is 15.2 Å². The molecular weight excluding hydrogens is 395 g/mol. The average molecular weight is 423 g/mol. The number of ether oxygens (including phenoxy) is 1. The van der Waals surface area contributed by atoms with Gasteiger partial charge in [-0.2, -0.15) is 13.2 Å². The Hall–Kier alpha value is -2.54. The third-order valence-electron chi connectivity index (χ3n) is 5.62. The summed E-state index contributed by atoms with van der Waals surface area (Å²) in [6.45, 7) is 4.60. The number of methoxy groups -OCH3 is 1. The number of carbonyl (C=O) groups is 1. The van der Waals surface area contributed by atoms with Crippen molar-refractivity contribution in [1.82, 2.24) is 5.32 Å². The zero-order valence-electron chi connectivity index (χ0n) is 17.5. The van der Waals surface area contributed by atoms with Crippen molar-refractivity contribution >= 4 is 5.97 Å². The summed E-state index contributed by atoms with van der Waals surface area (Å²) < 4.78 is 43.4. The molecule has 4 nitrogen and oxygen atoms in total. The van der Waals surface area contributed by atoms with E-state index in [2.05, 4.69) is 5.32 Å². The number of rotatable bonds is 10. The van der Waals surface area contributed by atoms with Crippen molar-refractivity contribution in [1.29, 1.82) is 0 Å². The molecule has 0 aliphatic carbocycles. The molecule has 7 heteroatoms. The van der Waals surface area contributed by atoms with Crippen molar-refractivity contribution in [3.63, 3.8) is 0 Å². The third-order valence-corrected chi connectivity index (χ3v) is 5.62. The molecule has 2 N–H and O–H groups in total. The molecule has 0 heterocycles. The molecule has 0 atom stereocenters. The topological polar surface area (TPSA) is 58.6 Å². The summed E-state index contributed by atoms with van der Waals surface area (Å²) in [5.41, 5.74) is 1.04. The minimum atomic E-state index is -4.35. The number of alkyl halides is 3. The highest BCUT2D eigenvalue weighted by atomic mass is 19.4. The van der Waals surface area contributed by atoms with E-state index in [0.29, 0.717) is 38.1 Å². The Morgan fingerprint density at radius 2 is 1.60 bits per heavy atom. The van der Waals surface area contributed by atoms with Gasteiger partial charge in [-0.05, 0) is 48.6 Å². The first kappa shape index (κ1) is 23.7. The van der Waals surface area contributed by atoms with Crippen molar-refractivity contribution in [2.24, 2.45) is 5.41 Å². The van der Waals surface area contributed by atoms with Gasteiger partial charge in [0, 0.05) is 18.7 Å². The van der Waals surface area contributed by atoms with E-state index in [0.717, 1.165) is 28.8 Å². The van der Waals surface area contributed by atoms with Gasteiger partial charge in [-0.3, -0.25) is 4.79 Å². The van der Waals surface area contributed by atoms with Crippen molar-refractivity contribution in [2.45, 2.75) is 52.4 Å². The summed E-state index contributed by atoms with van der Waals surface area (Å²) in [5, 5.41) is 12.9. The van der Waals surface area contributed by atoms with Gasteiger partial charge in [0.25, 0.3) is 0 Å². The normalized spacial score (nSPS) is 12.1. The quantitative estimate of drug-likeness (QED) is 0.535. The molecule has 0 bridgehead atoms. The van der Waals surface area contributed by atoms with Crippen LogP contribution in [0.5, 0.6) is 5.75 Å². The van der Waals surface area contributed by atoms with Gasteiger partial charge in [0.2, 0.25) is 0 Å². The highest BCUT2D eigenvalue weighted by Crippen LogP contribution is 2.33. The summed E-state index contributed by atoms with van der Waals surface area (Å²) in [7, 11) is 1.56. The molecule has 164 valence electrons. The predicted molar refractivity (Wildman–Crippen MR) is 109 cm³/mol. The number of nitrogens with one attached hydrogen (secondary N) is 1. The second kappa shape index (κ2) is 9.98. The van der Waals surface area contributed by atoms with Crippen LogP contribution in [0.4, 0.5) is 13.2 Å². The Bertz CT molecular complexity index is 844. The van der Waals surface area contributed by atoms with Gasteiger partial charge in [-0.25, -0.2) is 0 Å². The van der Waals surface area contributed by atoms with Crippen LogP contribution in [0.15, 0.2) is 42.5 Å². The Balaban J connectivity index is 2.09. The molecule has 0 saturated heterocycles. The van der Waals surface area contributed by atoms with Crippen molar-refractivity contribution in [3.05, 3.63) is 64.7 Å². The minimum Gasteiger partial charge on any atom is -0.496 e. The van der Waals surface area contributed by atoms with Crippen LogP contribution in [-0.4, -0.2) is 18.2 Å². The third kappa shape index (κ3) is 5.75. The van der Waals surface area contributed by atoms with E-state index in [-0.39, 0.29) is 0 Å². The maximum absolute atomic E-state index is 12.7. The molecule has 0 aliphatic heterocycles. The summed E-state index contributed by atoms with van der Waals surface area (Å²) in [6.07, 6.45) is -2.86. The molecular formula is C23H28F3NO3. The Morgan fingerprint density at radius 1 is 1.00 bits per heavy atom. The molecule has 0 saturated carbocycles. The fourth-order valence-corrected chi connectivity index (χ4v) is 3.50. The predicted octanol–water partition coefficient (Wildman–Crippen LogP) is 5.44. The number of carboxylic acid groups (broad SMARTS) is 1. The maximum Gasteiger partial charge on any atom is 0.416 e. The Morgan fingerprint density at radius 3 is 2.10 bits per heavy atom. The number of carboxylic acids is 1. The Labute approximate surface area is 175 Å². The fourth-order valence-electron chi connectivity index (χ4n) is 3.50. The van der Waals surface area contributed by atoms with Crippen molar-refractivity contribution in [3.8, 4) is 5.75 Å². The molecule has 0 amide bonds. The van der Waals surface area contributed by atoms with Crippen LogP contribution < -0.4 is 10.1 Å². The van der Waals surface area contributed by atoms with Crippen LogP contribution in [0.25, 0.3) is 0 Å². The first-order valence-electron chi connectivity index (χ1n) is 9.91. The molecule has 2 aromatic rings. The van der Waals surface area contributed by atoms with Gasteiger partial charge in [-0.1, -0.05) is 38.1 Å². The second-order valence-electron chi connectivity index (χ2n) is 7.41. The largest absolute Gasteiger partial charge is 0.496 e. The van der Waals surface area contributed by atoms with E-state index >= 15 is 0 Å². The van der Waals surface area contributed by atoms with Crippen LogP contribution in [0.3, 0.4) is 0 Å². The van der Waals surface area contributed by atoms with E-state index in [4.69, 9.17) is 4.74 Å². The summed E-state index contributed by atoms with van der Waals surface area (Å²) in [4.78, 5) is 11.8. The number of hydrogen-bond acceptors (Lipinski definition) is 3. The average Bonchev–Trinajstić information content (AvgIpc) is 2.72. The van der Waals surface area contributed by atoms with E-state index in [9.17, 15) is 23.1 Å². The van der Waals surface area contributed by atoms with Crippen LogP contribution in [0.1, 0.15) is 48.9 Å². The van der Waals surface area contributed by atoms with Crippen LogP contribution >= 0.6 is 0 Å². The molecule has 0 aromatic heterocycles. The van der Waals surface area contributed by atoms with Crippen LogP contribution in [0.2, 0.25) is 0 Å². The first-order chi connectivity index (χ1) is 14.1.